The lowest BCUT2D eigenvalue weighted by Crippen LogP contribution is -2.47. The number of aliphatic hydroxyl groups is 1. The quantitative estimate of drug-likeness (QED) is 0.0589. The number of ether oxygens (including phenoxy) is 3. The Balaban J connectivity index is 1.11. The van der Waals surface area contributed by atoms with E-state index in [0.29, 0.717) is 38.2 Å². The Kier molecular flexibility index (Phi) is 15.7. The molecule has 0 radical (unpaired) electrons. The van der Waals surface area contributed by atoms with E-state index in [1.807, 2.05) is 91.0 Å². The van der Waals surface area contributed by atoms with E-state index in [4.69, 9.17) is 14.2 Å². The number of likely N-dealkylation sites (tertiary alicyclic amines) is 1. The first kappa shape index (κ1) is 43.4. The molecule has 1 heterocycles. The molecule has 1 aliphatic heterocycles. The van der Waals surface area contributed by atoms with E-state index in [0.717, 1.165) is 39.8 Å². The van der Waals surface area contributed by atoms with Gasteiger partial charge in [-0.1, -0.05) is 103 Å². The van der Waals surface area contributed by atoms with Crippen molar-refractivity contribution in [2.24, 2.45) is 5.92 Å². The first-order valence-corrected chi connectivity index (χ1v) is 20.7. The summed E-state index contributed by atoms with van der Waals surface area (Å²) in [6.07, 6.45) is 5.16. The van der Waals surface area contributed by atoms with Gasteiger partial charge in [0, 0.05) is 18.9 Å². The number of hydrogen-bond acceptors (Lipinski definition) is 8. The number of nitrogens with one attached hydrogen (secondary N) is 2. The second-order valence-electron chi connectivity index (χ2n) is 15.3. The van der Waals surface area contributed by atoms with Gasteiger partial charge in [-0.05, 0) is 84.0 Å². The predicted octanol–water partition coefficient (Wildman–Crippen LogP) is 7.28. The number of esters is 1. The molecule has 0 aromatic heterocycles. The summed E-state index contributed by atoms with van der Waals surface area (Å²) < 4.78 is 17.5. The van der Waals surface area contributed by atoms with Crippen LogP contribution in [0.2, 0.25) is 0 Å². The largest absolute Gasteiger partial charge is 0.489 e. The van der Waals surface area contributed by atoms with Crippen LogP contribution in [0.25, 0.3) is 11.1 Å². The van der Waals surface area contributed by atoms with E-state index in [9.17, 15) is 24.3 Å². The first-order chi connectivity index (χ1) is 29.3. The van der Waals surface area contributed by atoms with Crippen LogP contribution in [0.4, 0.5) is 4.79 Å². The van der Waals surface area contributed by atoms with E-state index < -0.39 is 30.1 Å². The van der Waals surface area contributed by atoms with Crippen LogP contribution in [0.5, 0.6) is 5.75 Å². The fourth-order valence-corrected chi connectivity index (χ4v) is 7.98. The number of amides is 3. The van der Waals surface area contributed by atoms with Crippen molar-refractivity contribution in [3.05, 3.63) is 151 Å². The highest BCUT2D eigenvalue weighted by molar-refractivity contribution is 5.86. The number of carbonyl (C=O) groups excluding carboxylic acids is 4. The van der Waals surface area contributed by atoms with Crippen molar-refractivity contribution in [2.45, 2.75) is 75.6 Å². The average Bonchev–Trinajstić information content (AvgIpc) is 3.89. The Bertz CT molecular complexity index is 2040. The zero-order valence-electron chi connectivity index (χ0n) is 34.0. The number of alkyl carbamates (subject to hydrolysis) is 1. The van der Waals surface area contributed by atoms with Gasteiger partial charge in [0.15, 0.2) is 0 Å². The van der Waals surface area contributed by atoms with Crippen molar-refractivity contribution in [1.29, 1.82) is 0 Å². The smallest absolute Gasteiger partial charge is 0.407 e. The highest BCUT2D eigenvalue weighted by Crippen LogP contribution is 2.44. The van der Waals surface area contributed by atoms with E-state index in [1.54, 1.807) is 17.1 Å². The van der Waals surface area contributed by atoms with Crippen LogP contribution in [-0.4, -0.2) is 78.4 Å². The van der Waals surface area contributed by atoms with Crippen molar-refractivity contribution in [3.8, 4) is 16.9 Å². The maximum Gasteiger partial charge on any atom is 0.407 e. The number of nitrogens with zero attached hydrogens (tertiary/aromatic N) is 1. The average molecular weight is 814 g/mol. The Hall–Kier alpha value is -6.20. The van der Waals surface area contributed by atoms with Crippen molar-refractivity contribution in [1.82, 2.24) is 15.5 Å². The minimum absolute atomic E-state index is 0.0536. The molecule has 0 bridgehead atoms. The zero-order valence-corrected chi connectivity index (χ0v) is 34.0. The third-order valence-electron chi connectivity index (χ3n) is 11.2. The first-order valence-electron chi connectivity index (χ1n) is 20.7. The van der Waals surface area contributed by atoms with Gasteiger partial charge in [0.1, 0.15) is 31.6 Å². The normalized spacial score (nSPS) is 15.8. The van der Waals surface area contributed by atoms with Crippen molar-refractivity contribution in [3.63, 3.8) is 0 Å². The van der Waals surface area contributed by atoms with Crippen molar-refractivity contribution >= 4 is 23.9 Å². The summed E-state index contributed by atoms with van der Waals surface area (Å²) in [7, 11) is 0. The SMILES string of the molecule is C=CCCC(NC(=O)OCC1c2ccccc2-c2ccccc21)C(=O)OCC(Cc1ccc(OCc2ccccc2)cc1)NC(=O)C(CC=C)CC(=O)N1CCCC1CO. The summed E-state index contributed by atoms with van der Waals surface area (Å²) in [6, 6.07) is 31.4. The van der Waals surface area contributed by atoms with E-state index >= 15 is 0 Å². The van der Waals surface area contributed by atoms with Crippen LogP contribution in [0, 0.1) is 5.92 Å². The molecule has 4 atom stereocenters. The minimum atomic E-state index is -1.04. The fourth-order valence-electron chi connectivity index (χ4n) is 7.98. The molecule has 314 valence electrons. The van der Waals surface area contributed by atoms with Gasteiger partial charge in [-0.15, -0.1) is 13.2 Å². The molecule has 2 aliphatic rings. The lowest BCUT2D eigenvalue weighted by molar-refractivity contribution is -0.147. The van der Waals surface area contributed by atoms with Gasteiger partial charge in [0.25, 0.3) is 0 Å². The Labute approximate surface area is 352 Å². The van der Waals surface area contributed by atoms with Crippen LogP contribution in [0.3, 0.4) is 0 Å². The molecule has 1 saturated heterocycles. The molecular weight excluding hydrogens is 759 g/mol. The van der Waals surface area contributed by atoms with Gasteiger partial charge < -0.3 is 34.9 Å². The van der Waals surface area contributed by atoms with Gasteiger partial charge >= 0.3 is 12.1 Å². The van der Waals surface area contributed by atoms with Crippen LogP contribution in [0.15, 0.2) is 128 Å². The highest BCUT2D eigenvalue weighted by Gasteiger charge is 2.33. The predicted molar refractivity (Wildman–Crippen MR) is 230 cm³/mol. The number of benzene rings is 4. The van der Waals surface area contributed by atoms with Gasteiger partial charge in [0.2, 0.25) is 11.8 Å². The van der Waals surface area contributed by atoms with Gasteiger partial charge in [0.05, 0.1) is 24.6 Å². The molecule has 4 aromatic carbocycles. The van der Waals surface area contributed by atoms with E-state index in [2.05, 4.69) is 35.9 Å². The van der Waals surface area contributed by atoms with Gasteiger partial charge in [-0.3, -0.25) is 9.59 Å². The standard InChI is InChI=1S/C49H55N3O8/c1-3-5-22-45(51-49(57)60-33-44-42-20-11-9-18-40(42)41-19-10-12-21-43(41)44)48(56)59-32-37(28-34-23-25-39(26-24-34)58-31-35-15-7-6-8-16-35)50-47(55)36(14-4-2)29-46(54)52-27-13-17-38(52)30-53/h3-4,6-12,15-16,18-21,23-26,36-38,44-45,53H,1-2,5,13-14,17,22,27-33H2,(H,50,55)(H,51,57). The zero-order chi connectivity index (χ0) is 42.3. The maximum absolute atomic E-state index is 13.9. The molecule has 4 unspecified atom stereocenters. The number of rotatable bonds is 21. The summed E-state index contributed by atoms with van der Waals surface area (Å²) in [6.45, 7) is 8.28. The molecule has 60 heavy (non-hydrogen) atoms. The molecule has 0 spiro atoms. The molecule has 4 aromatic rings. The van der Waals surface area contributed by atoms with E-state index in [-0.39, 0.29) is 62.9 Å². The number of hydrogen-bond donors (Lipinski definition) is 3. The van der Waals surface area contributed by atoms with Crippen molar-refractivity contribution in [2.75, 3.05) is 26.4 Å². The molecule has 0 saturated carbocycles. The van der Waals surface area contributed by atoms with Crippen molar-refractivity contribution < 1.29 is 38.5 Å². The summed E-state index contributed by atoms with van der Waals surface area (Å²) in [5, 5.41) is 15.5. The molecule has 11 heteroatoms. The second-order valence-corrected chi connectivity index (χ2v) is 15.3. The number of aliphatic hydroxyl groups excluding tert-OH is 1. The molecule has 1 aliphatic carbocycles. The fraction of sp³-hybridized carbons (Fsp3) is 0.347. The number of carbonyl (C=O) groups is 4. The Morgan fingerprint density at radius 1 is 0.817 bits per heavy atom. The molecular formula is C49H55N3O8. The maximum atomic E-state index is 13.9. The topological polar surface area (TPSA) is 144 Å². The van der Waals surface area contributed by atoms with Crippen LogP contribution >= 0.6 is 0 Å². The highest BCUT2D eigenvalue weighted by atomic mass is 16.6. The molecule has 3 N–H and O–H groups in total. The number of fused-ring (bicyclic) bond motifs is 3. The van der Waals surface area contributed by atoms with E-state index in [1.165, 1.54) is 0 Å². The molecule has 11 nitrogen and oxygen atoms in total. The third kappa shape index (κ3) is 11.5. The Morgan fingerprint density at radius 3 is 2.17 bits per heavy atom. The van der Waals surface area contributed by atoms with Gasteiger partial charge in [-0.25, -0.2) is 9.59 Å². The van der Waals surface area contributed by atoms with Crippen LogP contribution < -0.4 is 15.4 Å². The second kappa shape index (κ2) is 21.7. The monoisotopic (exact) mass is 813 g/mol. The van der Waals surface area contributed by atoms with Crippen LogP contribution in [-0.2, 0) is 36.9 Å². The van der Waals surface area contributed by atoms with Crippen LogP contribution in [0.1, 0.15) is 66.7 Å². The molecule has 3 amide bonds. The Morgan fingerprint density at radius 2 is 1.50 bits per heavy atom. The lowest BCUT2D eigenvalue weighted by Gasteiger charge is -2.27. The van der Waals surface area contributed by atoms with Gasteiger partial charge in [-0.2, -0.15) is 0 Å². The number of allylic oxidation sites excluding steroid dienone is 2. The lowest BCUT2D eigenvalue weighted by atomic mass is 9.98. The summed E-state index contributed by atoms with van der Waals surface area (Å²) in [5.41, 5.74) is 6.24. The summed E-state index contributed by atoms with van der Waals surface area (Å²) in [4.78, 5) is 55.8. The molecule has 6 rings (SSSR count). The third-order valence-corrected chi connectivity index (χ3v) is 11.2. The minimum Gasteiger partial charge on any atom is -0.489 e. The summed E-state index contributed by atoms with van der Waals surface area (Å²) >= 11 is 0. The summed E-state index contributed by atoms with van der Waals surface area (Å²) in [5.74, 6) is -1.47. The molecule has 1 fully saturated rings.